The van der Waals surface area contributed by atoms with Crippen molar-refractivity contribution in [3.8, 4) is 0 Å². The lowest BCUT2D eigenvalue weighted by atomic mass is 10.2. The van der Waals surface area contributed by atoms with Crippen molar-refractivity contribution in [1.82, 2.24) is 4.31 Å². The van der Waals surface area contributed by atoms with Gasteiger partial charge in [0, 0.05) is 40.4 Å². The molecule has 1 atom stereocenters. The highest BCUT2D eigenvalue weighted by Crippen LogP contribution is 2.39. The molecule has 1 fully saturated rings. The molecule has 2 aromatic rings. The largest absolute Gasteiger partial charge is 0.325 e. The molecule has 0 unspecified atom stereocenters. The number of sulfonamides is 1. The van der Waals surface area contributed by atoms with E-state index >= 15 is 0 Å². The van der Waals surface area contributed by atoms with Crippen molar-refractivity contribution in [3.05, 3.63) is 47.5 Å². The molecular weight excluding hydrogens is 482 g/mol. The van der Waals surface area contributed by atoms with Crippen LogP contribution in [-0.2, 0) is 19.6 Å². The van der Waals surface area contributed by atoms with Gasteiger partial charge in [-0.2, -0.15) is 4.31 Å². The smallest absolute Gasteiger partial charge is 0.244 e. The molecule has 2 amide bonds. The number of rotatable bonds is 5. The Morgan fingerprint density at radius 1 is 1.12 bits per heavy atom. The van der Waals surface area contributed by atoms with E-state index in [1.165, 1.54) is 27.0 Å². The average Bonchev–Trinajstić information content (AvgIpc) is 2.90. The number of amides is 2. The number of halogens is 1. The number of carbonyl (C=O) groups is 2. The Bertz CT molecular complexity index is 1150. The van der Waals surface area contributed by atoms with Gasteiger partial charge in [0.25, 0.3) is 0 Å². The molecular formula is C23H26ClN3O4S2. The third kappa shape index (κ3) is 5.54. The predicted molar refractivity (Wildman–Crippen MR) is 131 cm³/mol. The molecule has 0 aliphatic carbocycles. The molecule has 10 heteroatoms. The van der Waals surface area contributed by atoms with Crippen LogP contribution in [0, 0.1) is 0 Å². The number of fused-ring (bicyclic) bond motifs is 1. The number of nitrogens with zero attached hydrogens (tertiary/aromatic N) is 2. The monoisotopic (exact) mass is 507 g/mol. The number of piperidine rings is 1. The zero-order chi connectivity index (χ0) is 23.6. The van der Waals surface area contributed by atoms with Crippen molar-refractivity contribution in [2.45, 2.75) is 47.6 Å². The standard InChI is InChI=1S/C23H26ClN3O4S2/c1-16-13-23(29)27(15-22(28)25-18-7-5-17(24)6-8-18)20-14-19(9-10-21(20)32-16)33(30,31)26-11-3-2-4-12-26/h5-10,14,16H,2-4,11-13,15H2,1H3,(H,25,28)/t16-/m0/s1. The quantitative estimate of drug-likeness (QED) is 0.649. The molecule has 2 aliphatic rings. The summed E-state index contributed by atoms with van der Waals surface area (Å²) in [5, 5.41) is 3.33. The second-order valence-electron chi connectivity index (χ2n) is 8.26. The van der Waals surface area contributed by atoms with E-state index in [4.69, 9.17) is 11.6 Å². The first-order valence-electron chi connectivity index (χ1n) is 10.9. The van der Waals surface area contributed by atoms with E-state index in [0.29, 0.717) is 29.5 Å². The number of nitrogens with one attached hydrogen (secondary N) is 1. The fraction of sp³-hybridized carbons (Fsp3) is 0.391. The third-order valence-corrected chi connectivity index (χ3v) is 9.01. The Hall–Kier alpha value is -2.07. The third-order valence-electron chi connectivity index (χ3n) is 5.69. The van der Waals surface area contributed by atoms with Crippen molar-refractivity contribution in [2.75, 3.05) is 29.9 Å². The summed E-state index contributed by atoms with van der Waals surface area (Å²) in [7, 11) is -3.67. The summed E-state index contributed by atoms with van der Waals surface area (Å²) < 4.78 is 28.0. The number of hydrogen-bond acceptors (Lipinski definition) is 5. The number of benzene rings is 2. The lowest BCUT2D eigenvalue weighted by molar-refractivity contribution is -0.121. The van der Waals surface area contributed by atoms with Gasteiger partial charge in [-0.15, -0.1) is 11.8 Å². The van der Waals surface area contributed by atoms with Gasteiger partial charge >= 0.3 is 0 Å². The maximum absolute atomic E-state index is 13.2. The van der Waals surface area contributed by atoms with E-state index in [0.717, 1.165) is 24.2 Å². The lowest BCUT2D eigenvalue weighted by Gasteiger charge is -2.27. The molecule has 0 spiro atoms. The first kappa shape index (κ1) is 24.1. The molecule has 0 bridgehead atoms. The number of carbonyl (C=O) groups excluding carboxylic acids is 2. The minimum atomic E-state index is -3.67. The zero-order valence-electron chi connectivity index (χ0n) is 18.3. The molecule has 2 aromatic carbocycles. The second-order valence-corrected chi connectivity index (χ2v) is 12.1. The van der Waals surface area contributed by atoms with Crippen LogP contribution in [0.4, 0.5) is 11.4 Å². The van der Waals surface area contributed by atoms with Gasteiger partial charge in [0.15, 0.2) is 0 Å². The van der Waals surface area contributed by atoms with Crippen LogP contribution in [0.5, 0.6) is 0 Å². The van der Waals surface area contributed by atoms with Crippen molar-refractivity contribution in [2.24, 2.45) is 0 Å². The van der Waals surface area contributed by atoms with Gasteiger partial charge in [-0.25, -0.2) is 8.42 Å². The second kappa shape index (κ2) is 10.0. The molecule has 2 aliphatic heterocycles. The molecule has 2 heterocycles. The summed E-state index contributed by atoms with van der Waals surface area (Å²) in [6.07, 6.45) is 2.96. The van der Waals surface area contributed by atoms with Crippen LogP contribution in [0.3, 0.4) is 0 Å². The first-order chi connectivity index (χ1) is 15.7. The van der Waals surface area contributed by atoms with Gasteiger partial charge in [0.05, 0.1) is 10.6 Å². The van der Waals surface area contributed by atoms with Crippen LogP contribution < -0.4 is 10.2 Å². The fourth-order valence-corrected chi connectivity index (χ4v) is 6.78. The molecule has 4 rings (SSSR count). The van der Waals surface area contributed by atoms with Gasteiger partial charge in [-0.05, 0) is 55.3 Å². The van der Waals surface area contributed by atoms with Crippen molar-refractivity contribution in [3.63, 3.8) is 0 Å². The van der Waals surface area contributed by atoms with Crippen LogP contribution in [0.25, 0.3) is 0 Å². The molecule has 1 N–H and O–H groups in total. The van der Waals surface area contributed by atoms with E-state index in [2.05, 4.69) is 5.32 Å². The molecule has 176 valence electrons. The van der Waals surface area contributed by atoms with Gasteiger partial charge in [0.2, 0.25) is 21.8 Å². The minimum Gasteiger partial charge on any atom is -0.325 e. The van der Waals surface area contributed by atoms with Crippen molar-refractivity contribution < 1.29 is 18.0 Å². The lowest BCUT2D eigenvalue weighted by Crippen LogP contribution is -2.39. The summed E-state index contributed by atoms with van der Waals surface area (Å²) in [5.74, 6) is -0.590. The Morgan fingerprint density at radius 2 is 1.82 bits per heavy atom. The Labute approximate surface area is 203 Å². The maximum atomic E-state index is 13.2. The summed E-state index contributed by atoms with van der Waals surface area (Å²) in [6, 6.07) is 11.6. The molecule has 0 saturated carbocycles. The van der Waals surface area contributed by atoms with Crippen LogP contribution in [0.2, 0.25) is 5.02 Å². The highest BCUT2D eigenvalue weighted by molar-refractivity contribution is 8.00. The Balaban J connectivity index is 1.64. The van der Waals surface area contributed by atoms with Crippen molar-refractivity contribution in [1.29, 1.82) is 0 Å². The number of thioether (sulfide) groups is 1. The highest BCUT2D eigenvalue weighted by Gasteiger charge is 2.31. The Morgan fingerprint density at radius 3 is 2.52 bits per heavy atom. The number of anilines is 2. The van der Waals surface area contributed by atoms with E-state index in [-0.39, 0.29) is 34.9 Å². The molecule has 0 radical (unpaired) electrons. The van der Waals surface area contributed by atoms with E-state index in [9.17, 15) is 18.0 Å². The topological polar surface area (TPSA) is 86.8 Å². The molecule has 0 aromatic heterocycles. The Kier molecular flexibility index (Phi) is 7.33. The fourth-order valence-electron chi connectivity index (χ4n) is 4.02. The summed E-state index contributed by atoms with van der Waals surface area (Å²) in [4.78, 5) is 28.1. The number of hydrogen-bond donors (Lipinski definition) is 1. The summed E-state index contributed by atoms with van der Waals surface area (Å²) in [6.45, 7) is 2.73. The minimum absolute atomic E-state index is 0.00475. The SMILES string of the molecule is C[C@H]1CC(=O)N(CC(=O)Nc2ccc(Cl)cc2)c2cc(S(=O)(=O)N3CCCCC3)ccc2S1. The molecule has 33 heavy (non-hydrogen) atoms. The zero-order valence-corrected chi connectivity index (χ0v) is 20.7. The van der Waals surface area contributed by atoms with Crippen LogP contribution in [0.15, 0.2) is 52.3 Å². The normalized spacial score (nSPS) is 19.6. The van der Waals surface area contributed by atoms with Crippen LogP contribution in [-0.4, -0.2) is 49.4 Å². The van der Waals surface area contributed by atoms with Gasteiger partial charge in [-0.1, -0.05) is 24.9 Å². The summed E-state index contributed by atoms with van der Waals surface area (Å²) >= 11 is 7.41. The van der Waals surface area contributed by atoms with Crippen LogP contribution in [0.1, 0.15) is 32.6 Å². The van der Waals surface area contributed by atoms with E-state index < -0.39 is 10.0 Å². The average molecular weight is 508 g/mol. The van der Waals surface area contributed by atoms with E-state index in [1.54, 1.807) is 36.4 Å². The van der Waals surface area contributed by atoms with Crippen molar-refractivity contribution >= 4 is 56.6 Å². The predicted octanol–water partition coefficient (Wildman–Crippen LogP) is 4.37. The van der Waals surface area contributed by atoms with Gasteiger partial charge in [0.1, 0.15) is 6.54 Å². The van der Waals surface area contributed by atoms with Gasteiger partial charge in [-0.3, -0.25) is 9.59 Å². The molecule has 7 nitrogen and oxygen atoms in total. The van der Waals surface area contributed by atoms with Crippen LogP contribution >= 0.6 is 23.4 Å². The summed E-state index contributed by atoms with van der Waals surface area (Å²) in [5.41, 5.74) is 1.02. The van der Waals surface area contributed by atoms with E-state index in [1.807, 2.05) is 6.92 Å². The van der Waals surface area contributed by atoms with Gasteiger partial charge < -0.3 is 10.2 Å². The molecule has 1 saturated heterocycles. The highest BCUT2D eigenvalue weighted by atomic mass is 35.5. The first-order valence-corrected chi connectivity index (χ1v) is 13.6. The maximum Gasteiger partial charge on any atom is 0.244 e.